The molecule has 1 fully saturated rings. The Hall–Kier alpha value is -3.25. The first kappa shape index (κ1) is 20.6. The van der Waals surface area contributed by atoms with Gasteiger partial charge in [-0.25, -0.2) is 4.98 Å². The van der Waals surface area contributed by atoms with Gasteiger partial charge >= 0.3 is 0 Å². The molecule has 0 saturated heterocycles. The molecule has 2 aliphatic carbocycles. The average molecular weight is 444 g/mol. The van der Waals surface area contributed by atoms with Crippen LogP contribution in [0.3, 0.4) is 0 Å². The summed E-state index contributed by atoms with van der Waals surface area (Å²) >= 11 is 1.39. The first-order chi connectivity index (χ1) is 15.6. The number of anilines is 2. The Kier molecular flexibility index (Phi) is 5.62. The number of thiazole rings is 1. The highest BCUT2D eigenvalue weighted by atomic mass is 32.1. The molecule has 2 amide bonds. The van der Waals surface area contributed by atoms with Crippen LogP contribution in [0.4, 0.5) is 10.8 Å². The van der Waals surface area contributed by atoms with Crippen molar-refractivity contribution in [1.29, 1.82) is 0 Å². The highest BCUT2D eigenvalue weighted by Gasteiger charge is 2.39. The molecular weight excluding hydrogens is 418 g/mol. The molecule has 0 N–H and O–H groups in total. The summed E-state index contributed by atoms with van der Waals surface area (Å²) in [6.07, 6.45) is 7.56. The fourth-order valence-electron chi connectivity index (χ4n) is 4.47. The van der Waals surface area contributed by atoms with Crippen molar-refractivity contribution in [2.45, 2.75) is 44.7 Å². The lowest BCUT2D eigenvalue weighted by molar-refractivity contribution is -0.129. The quantitative estimate of drug-likeness (QED) is 0.472. The number of aromatic nitrogens is 1. The standard InChI is InChI=1S/C26H25N3O2S/c1-18(30)28(21-8-3-2-4-9-21)26-27-20(17-32-26)12-16-25(31)29(22-13-14-22)24-15-11-19-7-5-6-10-23(19)24/h2-10,12,16-17,22,24H,11,13-15H2,1H3/b16-12+. The fraction of sp³-hybridized carbons (Fsp3) is 0.269. The normalized spacial score (nSPS) is 17.3. The van der Waals surface area contributed by atoms with Crippen LogP contribution < -0.4 is 4.90 Å². The number of fused-ring (bicyclic) bond motifs is 1. The molecule has 5 nitrogen and oxygen atoms in total. The summed E-state index contributed by atoms with van der Waals surface area (Å²) in [7, 11) is 0. The molecule has 1 saturated carbocycles. The predicted molar refractivity (Wildman–Crippen MR) is 128 cm³/mol. The van der Waals surface area contributed by atoms with Crippen LogP contribution >= 0.6 is 11.3 Å². The minimum absolute atomic E-state index is 0.0373. The molecular formula is C26H25N3O2S. The maximum atomic E-state index is 13.2. The van der Waals surface area contributed by atoms with E-state index in [2.05, 4.69) is 34.1 Å². The Balaban J connectivity index is 1.35. The first-order valence-electron chi connectivity index (χ1n) is 11.0. The van der Waals surface area contributed by atoms with E-state index < -0.39 is 0 Å². The van der Waals surface area contributed by atoms with E-state index in [0.29, 0.717) is 16.9 Å². The van der Waals surface area contributed by atoms with Crippen LogP contribution in [0.1, 0.15) is 49.0 Å². The van der Waals surface area contributed by atoms with Gasteiger partial charge in [0.15, 0.2) is 5.13 Å². The largest absolute Gasteiger partial charge is 0.329 e. The lowest BCUT2D eigenvalue weighted by Gasteiger charge is -2.29. The second-order valence-corrected chi connectivity index (χ2v) is 9.14. The second kappa shape index (κ2) is 8.71. The summed E-state index contributed by atoms with van der Waals surface area (Å²) in [6, 6.07) is 18.4. The van der Waals surface area contributed by atoms with Gasteiger partial charge < -0.3 is 4.90 Å². The first-order valence-corrected chi connectivity index (χ1v) is 11.9. The summed E-state index contributed by atoms with van der Waals surface area (Å²) in [5.74, 6) is -0.0628. The van der Waals surface area contributed by atoms with Gasteiger partial charge in [0, 0.05) is 24.4 Å². The molecule has 0 bridgehead atoms. The number of benzene rings is 2. The summed E-state index contributed by atoms with van der Waals surface area (Å²) in [5.41, 5.74) is 4.11. The maximum absolute atomic E-state index is 13.2. The van der Waals surface area contributed by atoms with E-state index in [1.807, 2.05) is 35.7 Å². The van der Waals surface area contributed by atoms with E-state index >= 15 is 0 Å². The van der Waals surface area contributed by atoms with Crippen molar-refractivity contribution in [3.63, 3.8) is 0 Å². The van der Waals surface area contributed by atoms with E-state index in [1.54, 1.807) is 17.1 Å². The van der Waals surface area contributed by atoms with Gasteiger partial charge in [0.05, 0.1) is 17.4 Å². The van der Waals surface area contributed by atoms with Crippen LogP contribution in [0.25, 0.3) is 6.08 Å². The van der Waals surface area contributed by atoms with Gasteiger partial charge in [0.1, 0.15) is 0 Å². The highest BCUT2D eigenvalue weighted by molar-refractivity contribution is 7.14. The fourth-order valence-corrected chi connectivity index (χ4v) is 5.32. The Labute approximate surface area is 192 Å². The molecule has 0 radical (unpaired) electrons. The minimum Gasteiger partial charge on any atom is -0.329 e. The zero-order chi connectivity index (χ0) is 22.1. The van der Waals surface area contributed by atoms with Gasteiger partial charge in [-0.15, -0.1) is 11.3 Å². The third-order valence-electron chi connectivity index (χ3n) is 6.06. The lowest BCUT2D eigenvalue weighted by Crippen LogP contribution is -2.34. The Morgan fingerprint density at radius 3 is 2.53 bits per heavy atom. The van der Waals surface area contributed by atoms with Gasteiger partial charge in [0.2, 0.25) is 11.8 Å². The predicted octanol–water partition coefficient (Wildman–Crippen LogP) is 5.52. The molecule has 2 aromatic carbocycles. The second-order valence-electron chi connectivity index (χ2n) is 8.31. The van der Waals surface area contributed by atoms with E-state index in [4.69, 9.17) is 0 Å². The molecule has 162 valence electrons. The molecule has 5 rings (SSSR count). The van der Waals surface area contributed by atoms with E-state index in [9.17, 15) is 9.59 Å². The molecule has 0 spiro atoms. The molecule has 1 heterocycles. The van der Waals surface area contributed by atoms with Crippen LogP contribution in [0.2, 0.25) is 0 Å². The maximum Gasteiger partial charge on any atom is 0.247 e. The van der Waals surface area contributed by atoms with Crippen LogP contribution in [-0.4, -0.2) is 27.7 Å². The van der Waals surface area contributed by atoms with Gasteiger partial charge in [-0.3, -0.25) is 14.5 Å². The van der Waals surface area contributed by atoms with Crippen LogP contribution in [0.15, 0.2) is 66.1 Å². The summed E-state index contributed by atoms with van der Waals surface area (Å²) in [4.78, 5) is 33.7. The number of nitrogens with zero attached hydrogens (tertiary/aromatic N) is 3. The van der Waals surface area contributed by atoms with Gasteiger partial charge in [0.25, 0.3) is 0 Å². The van der Waals surface area contributed by atoms with E-state index in [0.717, 1.165) is 31.4 Å². The number of para-hydroxylation sites is 1. The van der Waals surface area contributed by atoms with Crippen LogP contribution in [0, 0.1) is 0 Å². The third-order valence-corrected chi connectivity index (χ3v) is 6.90. The van der Waals surface area contributed by atoms with Crippen molar-refractivity contribution < 1.29 is 9.59 Å². The molecule has 1 aromatic heterocycles. The SMILES string of the molecule is CC(=O)N(c1ccccc1)c1nc(/C=C/C(=O)N(C2CC2)C2CCc3ccccc32)cs1. The summed E-state index contributed by atoms with van der Waals surface area (Å²) in [5, 5.41) is 2.48. The Morgan fingerprint density at radius 2 is 1.78 bits per heavy atom. The van der Waals surface area contributed by atoms with Crippen molar-refractivity contribution in [2.75, 3.05) is 4.90 Å². The molecule has 0 aliphatic heterocycles. The Bertz CT molecular complexity index is 1170. The van der Waals surface area contributed by atoms with Gasteiger partial charge in [-0.05, 0) is 55.0 Å². The molecule has 3 aromatic rings. The van der Waals surface area contributed by atoms with Gasteiger partial charge in [-0.2, -0.15) is 0 Å². The average Bonchev–Trinajstić information content (AvgIpc) is 3.37. The zero-order valence-corrected chi connectivity index (χ0v) is 18.8. The monoisotopic (exact) mass is 443 g/mol. The number of aryl methyl sites for hydroxylation is 1. The zero-order valence-electron chi connectivity index (χ0n) is 18.0. The summed E-state index contributed by atoms with van der Waals surface area (Å²) in [6.45, 7) is 1.53. The number of hydrogen-bond donors (Lipinski definition) is 0. The number of hydrogen-bond acceptors (Lipinski definition) is 4. The van der Waals surface area contributed by atoms with Gasteiger partial charge in [-0.1, -0.05) is 42.5 Å². The number of carbonyl (C=O) groups excluding carboxylic acids is 2. The van der Waals surface area contributed by atoms with Crippen LogP contribution in [-0.2, 0) is 16.0 Å². The summed E-state index contributed by atoms with van der Waals surface area (Å²) < 4.78 is 0. The molecule has 2 aliphatic rings. The van der Waals surface area contributed by atoms with E-state index in [-0.39, 0.29) is 17.9 Å². The van der Waals surface area contributed by atoms with Crippen molar-refractivity contribution in [2.24, 2.45) is 0 Å². The molecule has 32 heavy (non-hydrogen) atoms. The number of rotatable bonds is 6. The Morgan fingerprint density at radius 1 is 1.03 bits per heavy atom. The van der Waals surface area contributed by atoms with Crippen molar-refractivity contribution >= 4 is 40.0 Å². The number of amides is 2. The highest BCUT2D eigenvalue weighted by Crippen LogP contribution is 2.42. The van der Waals surface area contributed by atoms with Crippen molar-refractivity contribution in [1.82, 2.24) is 9.88 Å². The number of carbonyl (C=O) groups is 2. The molecule has 6 heteroatoms. The third kappa shape index (κ3) is 4.10. The van der Waals surface area contributed by atoms with Crippen molar-refractivity contribution in [3.05, 3.63) is 82.9 Å². The topological polar surface area (TPSA) is 53.5 Å². The van der Waals surface area contributed by atoms with Crippen LogP contribution in [0.5, 0.6) is 0 Å². The van der Waals surface area contributed by atoms with E-state index in [1.165, 1.54) is 29.4 Å². The lowest BCUT2D eigenvalue weighted by atomic mass is 10.1. The smallest absolute Gasteiger partial charge is 0.247 e. The van der Waals surface area contributed by atoms with Crippen molar-refractivity contribution in [3.8, 4) is 0 Å². The molecule has 1 atom stereocenters. The molecule has 1 unspecified atom stereocenters. The minimum atomic E-state index is -0.100.